The highest BCUT2D eigenvalue weighted by molar-refractivity contribution is 7.81. The summed E-state index contributed by atoms with van der Waals surface area (Å²) < 4.78 is 1.65. The van der Waals surface area contributed by atoms with Crippen molar-refractivity contribution in [2.45, 2.75) is 31.1 Å². The minimum Gasteiger partial charge on any atom is -0.389 e. The van der Waals surface area contributed by atoms with E-state index in [9.17, 15) is 0 Å². The average Bonchev–Trinajstić information content (AvgIpc) is 2.71. The van der Waals surface area contributed by atoms with E-state index >= 15 is 0 Å². The number of hydrogen-bond donors (Lipinski definition) is 1. The lowest BCUT2D eigenvalue weighted by Crippen LogP contribution is -2.20. The molecule has 0 spiro atoms. The monoisotopic (exact) mass is 226 g/mol. The third-order valence-corrected chi connectivity index (χ3v) is 2.72. The molecule has 0 fully saturated rings. The highest BCUT2D eigenvalue weighted by Crippen LogP contribution is 2.30. The molecule has 0 radical (unpaired) electrons. The van der Waals surface area contributed by atoms with Gasteiger partial charge in [0.2, 0.25) is 0 Å². The van der Waals surface area contributed by atoms with E-state index in [0.717, 1.165) is 12.1 Å². The SMILES string of the molecule is Cn1cnc(C(S)C2=NOC(C)(C)C2)n1. The van der Waals surface area contributed by atoms with Crippen LogP contribution in [0.1, 0.15) is 31.3 Å². The van der Waals surface area contributed by atoms with Gasteiger partial charge >= 0.3 is 0 Å². The number of thiol groups is 1. The van der Waals surface area contributed by atoms with E-state index in [1.165, 1.54) is 0 Å². The van der Waals surface area contributed by atoms with E-state index in [0.29, 0.717) is 5.82 Å². The van der Waals surface area contributed by atoms with Crippen LogP contribution in [0.2, 0.25) is 0 Å². The Morgan fingerprint density at radius 3 is 2.80 bits per heavy atom. The molecule has 1 aliphatic rings. The van der Waals surface area contributed by atoms with E-state index in [4.69, 9.17) is 4.84 Å². The summed E-state index contributed by atoms with van der Waals surface area (Å²) in [6, 6.07) is 0. The Bertz CT molecular complexity index is 399. The maximum Gasteiger partial charge on any atom is 0.169 e. The molecular formula is C9H14N4OS. The number of aromatic nitrogens is 3. The molecule has 1 aromatic rings. The smallest absolute Gasteiger partial charge is 0.169 e. The van der Waals surface area contributed by atoms with Gasteiger partial charge in [0.25, 0.3) is 0 Å². The molecule has 0 bridgehead atoms. The third kappa shape index (κ3) is 2.14. The molecule has 1 aromatic heterocycles. The van der Waals surface area contributed by atoms with Gasteiger partial charge in [0, 0.05) is 13.5 Å². The second-order valence-corrected chi connectivity index (χ2v) is 4.81. The summed E-state index contributed by atoms with van der Waals surface area (Å²) in [5, 5.41) is 8.05. The number of aryl methyl sites for hydroxylation is 1. The van der Waals surface area contributed by atoms with Crippen LogP contribution < -0.4 is 0 Å². The number of rotatable bonds is 2. The Balaban J connectivity index is 2.13. The fourth-order valence-corrected chi connectivity index (χ4v) is 1.72. The van der Waals surface area contributed by atoms with Crippen LogP contribution in [0.5, 0.6) is 0 Å². The van der Waals surface area contributed by atoms with Crippen molar-refractivity contribution in [3.05, 3.63) is 12.2 Å². The molecule has 6 heteroatoms. The zero-order chi connectivity index (χ0) is 11.1. The zero-order valence-corrected chi connectivity index (χ0v) is 9.90. The van der Waals surface area contributed by atoms with Crippen molar-refractivity contribution in [2.75, 3.05) is 0 Å². The van der Waals surface area contributed by atoms with Crippen LogP contribution in [-0.4, -0.2) is 26.1 Å². The molecular weight excluding hydrogens is 212 g/mol. The van der Waals surface area contributed by atoms with Crippen molar-refractivity contribution < 1.29 is 4.84 Å². The largest absolute Gasteiger partial charge is 0.389 e. The summed E-state index contributed by atoms with van der Waals surface area (Å²) >= 11 is 4.46. The molecule has 0 N–H and O–H groups in total. The molecule has 1 unspecified atom stereocenters. The van der Waals surface area contributed by atoms with Gasteiger partial charge in [-0.1, -0.05) is 5.16 Å². The molecule has 0 aromatic carbocycles. The van der Waals surface area contributed by atoms with Gasteiger partial charge in [0.1, 0.15) is 17.2 Å². The number of nitrogens with zero attached hydrogens (tertiary/aromatic N) is 4. The molecule has 15 heavy (non-hydrogen) atoms. The maximum atomic E-state index is 5.28. The summed E-state index contributed by atoms with van der Waals surface area (Å²) in [5.74, 6) is 0.667. The molecule has 82 valence electrons. The number of oxime groups is 1. The minimum absolute atomic E-state index is 0.173. The Hall–Kier alpha value is -1.04. The van der Waals surface area contributed by atoms with Gasteiger partial charge in [-0.05, 0) is 13.8 Å². The van der Waals surface area contributed by atoms with Gasteiger partial charge in [-0.3, -0.25) is 4.68 Å². The first-order valence-electron chi connectivity index (χ1n) is 4.76. The van der Waals surface area contributed by atoms with Crippen LogP contribution in [0.3, 0.4) is 0 Å². The Labute approximate surface area is 93.9 Å². The van der Waals surface area contributed by atoms with Crippen molar-refractivity contribution in [2.24, 2.45) is 12.2 Å². The fraction of sp³-hybridized carbons (Fsp3) is 0.667. The first-order valence-corrected chi connectivity index (χ1v) is 5.28. The lowest BCUT2D eigenvalue weighted by atomic mass is 10.0. The lowest BCUT2D eigenvalue weighted by Gasteiger charge is -2.13. The predicted molar refractivity (Wildman–Crippen MR) is 59.9 cm³/mol. The van der Waals surface area contributed by atoms with Gasteiger partial charge in [0.05, 0.1) is 5.71 Å². The van der Waals surface area contributed by atoms with E-state index in [1.807, 2.05) is 20.9 Å². The quantitative estimate of drug-likeness (QED) is 0.774. The standard InChI is InChI=1S/C9H14N4OS/c1-9(2)4-6(12-14-9)7(15)8-10-5-13(3)11-8/h5,7,15H,4H2,1-3H3. The Kier molecular flexibility index (Phi) is 2.46. The molecule has 1 aliphatic heterocycles. The number of hydrogen-bond acceptors (Lipinski definition) is 5. The third-order valence-electron chi connectivity index (χ3n) is 2.19. The van der Waals surface area contributed by atoms with Gasteiger partial charge in [-0.25, -0.2) is 4.98 Å². The predicted octanol–water partition coefficient (Wildman–Crippen LogP) is 1.34. The minimum atomic E-state index is -0.231. The summed E-state index contributed by atoms with van der Waals surface area (Å²) in [6.07, 6.45) is 2.42. The summed E-state index contributed by atoms with van der Waals surface area (Å²) in [6.45, 7) is 3.99. The molecule has 1 atom stereocenters. The normalized spacial score (nSPS) is 20.9. The van der Waals surface area contributed by atoms with Gasteiger partial charge in [-0.2, -0.15) is 17.7 Å². The second kappa shape index (κ2) is 3.52. The summed E-state index contributed by atoms with van der Waals surface area (Å²) in [5.41, 5.74) is 0.653. The zero-order valence-electron chi connectivity index (χ0n) is 9.01. The van der Waals surface area contributed by atoms with Crippen molar-refractivity contribution >= 4 is 18.3 Å². The van der Waals surface area contributed by atoms with E-state index in [-0.39, 0.29) is 10.9 Å². The van der Waals surface area contributed by atoms with Crippen LogP contribution in [0.15, 0.2) is 11.5 Å². The Morgan fingerprint density at radius 2 is 2.33 bits per heavy atom. The van der Waals surface area contributed by atoms with Crippen LogP contribution >= 0.6 is 12.6 Å². The van der Waals surface area contributed by atoms with Gasteiger partial charge in [-0.15, -0.1) is 0 Å². The Morgan fingerprint density at radius 1 is 1.60 bits per heavy atom. The molecule has 0 aliphatic carbocycles. The molecule has 0 amide bonds. The second-order valence-electron chi connectivity index (χ2n) is 4.29. The van der Waals surface area contributed by atoms with Gasteiger partial charge in [0.15, 0.2) is 5.82 Å². The highest BCUT2D eigenvalue weighted by atomic mass is 32.1. The van der Waals surface area contributed by atoms with Crippen LogP contribution in [-0.2, 0) is 11.9 Å². The molecule has 0 saturated carbocycles. The van der Waals surface area contributed by atoms with Crippen molar-refractivity contribution in [3.63, 3.8) is 0 Å². The van der Waals surface area contributed by atoms with Crippen molar-refractivity contribution in [1.82, 2.24) is 14.8 Å². The molecule has 2 rings (SSSR count). The van der Waals surface area contributed by atoms with E-state index in [1.54, 1.807) is 11.0 Å². The van der Waals surface area contributed by atoms with Crippen molar-refractivity contribution in [3.8, 4) is 0 Å². The molecule has 5 nitrogen and oxygen atoms in total. The van der Waals surface area contributed by atoms with Gasteiger partial charge < -0.3 is 4.84 Å². The molecule has 2 heterocycles. The first-order chi connectivity index (χ1) is 6.98. The van der Waals surface area contributed by atoms with Crippen molar-refractivity contribution in [1.29, 1.82) is 0 Å². The lowest BCUT2D eigenvalue weighted by molar-refractivity contribution is 0.0123. The summed E-state index contributed by atoms with van der Waals surface area (Å²) in [7, 11) is 1.83. The average molecular weight is 226 g/mol. The highest BCUT2D eigenvalue weighted by Gasteiger charge is 2.33. The fourth-order valence-electron chi connectivity index (χ4n) is 1.46. The summed E-state index contributed by atoms with van der Waals surface area (Å²) in [4.78, 5) is 9.43. The molecule has 0 saturated heterocycles. The van der Waals surface area contributed by atoms with Crippen LogP contribution in [0, 0.1) is 0 Å². The topological polar surface area (TPSA) is 52.3 Å². The van der Waals surface area contributed by atoms with Crippen LogP contribution in [0.4, 0.5) is 0 Å². The van der Waals surface area contributed by atoms with Crippen LogP contribution in [0.25, 0.3) is 0 Å². The maximum absolute atomic E-state index is 5.28. The van der Waals surface area contributed by atoms with E-state index < -0.39 is 0 Å². The van der Waals surface area contributed by atoms with E-state index in [2.05, 4.69) is 27.9 Å². The first kappa shape index (κ1) is 10.5.